The van der Waals surface area contributed by atoms with Gasteiger partial charge in [0.15, 0.2) is 0 Å². The zero-order valence-corrected chi connectivity index (χ0v) is 18.1. The normalized spacial score (nSPS) is 13.3. The number of benzene rings is 1. The summed E-state index contributed by atoms with van der Waals surface area (Å²) >= 11 is 12.9. The van der Waals surface area contributed by atoms with Crippen LogP contribution in [0.1, 0.15) is 34.1 Å². The summed E-state index contributed by atoms with van der Waals surface area (Å²) in [7, 11) is 0. The van der Waals surface area contributed by atoms with Gasteiger partial charge in [-0.1, -0.05) is 6.08 Å². The third kappa shape index (κ3) is 4.66. The number of ether oxygens (including phenoxy) is 1. The number of halogens is 4. The second-order valence-corrected chi connectivity index (χ2v) is 7.69. The van der Waals surface area contributed by atoms with Crippen molar-refractivity contribution in [1.29, 1.82) is 0 Å². The molecule has 9 heteroatoms. The zero-order valence-electron chi connectivity index (χ0n) is 11.8. The molecule has 23 heavy (non-hydrogen) atoms. The summed E-state index contributed by atoms with van der Waals surface area (Å²) in [4.78, 5) is 24.0. The van der Waals surface area contributed by atoms with E-state index in [2.05, 4.69) is 70.3 Å². The van der Waals surface area contributed by atoms with E-state index in [4.69, 9.17) is 4.74 Å². The molecule has 126 valence electrons. The van der Waals surface area contributed by atoms with Crippen LogP contribution in [-0.2, 0) is 4.74 Å². The van der Waals surface area contributed by atoms with Crippen LogP contribution in [0.15, 0.2) is 30.5 Å². The average molecular weight is 580 g/mol. The topological polar surface area (TPSA) is 83.8 Å². The molecular formula is C14H12Br4O5. The van der Waals surface area contributed by atoms with Crippen LogP contribution in [0.4, 0.5) is 0 Å². The molecule has 0 aliphatic carbocycles. The van der Waals surface area contributed by atoms with Crippen molar-refractivity contribution in [2.45, 2.75) is 25.6 Å². The summed E-state index contributed by atoms with van der Waals surface area (Å²) < 4.78 is 6.58. The van der Waals surface area contributed by atoms with Gasteiger partial charge in [-0.05, 0) is 70.6 Å². The summed E-state index contributed by atoms with van der Waals surface area (Å²) in [5.74, 6) is -2.16. The fourth-order valence-corrected chi connectivity index (χ4v) is 4.18. The van der Waals surface area contributed by atoms with Crippen molar-refractivity contribution in [1.82, 2.24) is 0 Å². The summed E-state index contributed by atoms with van der Waals surface area (Å²) in [6, 6.07) is 0. The standard InChI is InChI=1S/C14H12Br4O5/c1-3-4-6(5(2)19)23-14(22)8-7(13(20)21)9(15)11(17)12(18)10(8)16/h3,5-6,19H,1,4H2,2H3,(H,20,21). The lowest BCUT2D eigenvalue weighted by Crippen LogP contribution is -2.29. The number of rotatable bonds is 6. The molecule has 0 radical (unpaired) electrons. The Bertz CT molecular complexity index is 657. The lowest BCUT2D eigenvalue weighted by molar-refractivity contribution is -0.0111. The van der Waals surface area contributed by atoms with Crippen LogP contribution in [0.25, 0.3) is 0 Å². The number of esters is 1. The molecule has 1 rings (SSSR count). The van der Waals surface area contributed by atoms with E-state index in [0.717, 1.165) is 0 Å². The van der Waals surface area contributed by atoms with Crippen LogP contribution < -0.4 is 0 Å². The Balaban J connectivity index is 3.44. The monoisotopic (exact) mass is 576 g/mol. The van der Waals surface area contributed by atoms with Crippen molar-refractivity contribution in [3.8, 4) is 0 Å². The van der Waals surface area contributed by atoms with Crippen molar-refractivity contribution in [3.05, 3.63) is 41.7 Å². The van der Waals surface area contributed by atoms with Gasteiger partial charge >= 0.3 is 11.9 Å². The van der Waals surface area contributed by atoms with Gasteiger partial charge in [0.1, 0.15) is 6.10 Å². The Hall–Kier alpha value is -0.220. The van der Waals surface area contributed by atoms with E-state index < -0.39 is 24.1 Å². The smallest absolute Gasteiger partial charge is 0.340 e. The van der Waals surface area contributed by atoms with E-state index in [-0.39, 0.29) is 26.5 Å². The minimum Gasteiger partial charge on any atom is -0.478 e. The zero-order chi connectivity index (χ0) is 17.9. The van der Waals surface area contributed by atoms with Crippen molar-refractivity contribution >= 4 is 75.7 Å². The Labute approximate surface area is 166 Å². The van der Waals surface area contributed by atoms with E-state index in [0.29, 0.717) is 8.95 Å². The summed E-state index contributed by atoms with van der Waals surface area (Å²) in [6.07, 6.45) is -0.00542. The molecule has 0 amide bonds. The third-order valence-electron chi connectivity index (χ3n) is 2.88. The molecule has 0 spiro atoms. The molecular weight excluding hydrogens is 568 g/mol. The molecule has 2 unspecified atom stereocenters. The fourth-order valence-electron chi connectivity index (χ4n) is 1.73. The van der Waals surface area contributed by atoms with Gasteiger partial charge in [-0.3, -0.25) is 0 Å². The van der Waals surface area contributed by atoms with Gasteiger partial charge in [0.05, 0.1) is 17.2 Å². The van der Waals surface area contributed by atoms with E-state index in [1.54, 1.807) is 0 Å². The van der Waals surface area contributed by atoms with Gasteiger partial charge in [-0.25, -0.2) is 9.59 Å². The molecule has 0 saturated carbocycles. The lowest BCUT2D eigenvalue weighted by Gasteiger charge is -2.21. The van der Waals surface area contributed by atoms with Crippen molar-refractivity contribution in [3.63, 3.8) is 0 Å². The van der Waals surface area contributed by atoms with E-state index in [9.17, 15) is 19.8 Å². The maximum absolute atomic E-state index is 12.5. The van der Waals surface area contributed by atoms with Gasteiger partial charge in [0.25, 0.3) is 0 Å². The maximum Gasteiger partial charge on any atom is 0.340 e. The predicted octanol–water partition coefficient (Wildman–Crippen LogP) is 4.92. The molecule has 0 aromatic heterocycles. The molecule has 0 aliphatic rings. The average Bonchev–Trinajstić information content (AvgIpc) is 2.47. The largest absolute Gasteiger partial charge is 0.478 e. The SMILES string of the molecule is C=CCC(OC(=O)c1c(Br)c(Br)c(Br)c(Br)c1C(=O)O)C(C)O. The highest BCUT2D eigenvalue weighted by atomic mass is 79.9. The van der Waals surface area contributed by atoms with Gasteiger partial charge in [0, 0.05) is 24.3 Å². The molecule has 2 atom stereocenters. The number of carbonyl (C=O) groups is 2. The van der Waals surface area contributed by atoms with Gasteiger partial charge in [0.2, 0.25) is 0 Å². The van der Waals surface area contributed by atoms with Crippen LogP contribution in [0.3, 0.4) is 0 Å². The van der Waals surface area contributed by atoms with Crippen molar-refractivity contribution in [2.75, 3.05) is 0 Å². The predicted molar refractivity (Wildman–Crippen MR) is 99.9 cm³/mol. The quantitative estimate of drug-likeness (QED) is 0.216. The highest BCUT2D eigenvalue weighted by Gasteiger charge is 2.30. The van der Waals surface area contributed by atoms with Crippen LogP contribution in [-0.4, -0.2) is 34.4 Å². The molecule has 0 heterocycles. The molecule has 1 aromatic rings. The van der Waals surface area contributed by atoms with Gasteiger partial charge < -0.3 is 14.9 Å². The number of hydrogen-bond acceptors (Lipinski definition) is 4. The molecule has 0 aliphatic heterocycles. The van der Waals surface area contributed by atoms with Crippen LogP contribution in [0.2, 0.25) is 0 Å². The number of aliphatic hydroxyl groups excluding tert-OH is 1. The molecule has 5 nitrogen and oxygen atoms in total. The summed E-state index contributed by atoms with van der Waals surface area (Å²) in [6.45, 7) is 5.01. The number of carbonyl (C=O) groups excluding carboxylic acids is 1. The second kappa shape index (κ2) is 8.75. The Morgan fingerprint density at radius 2 is 1.61 bits per heavy atom. The molecule has 0 bridgehead atoms. The lowest BCUT2D eigenvalue weighted by atomic mass is 10.1. The minimum absolute atomic E-state index is 0.158. The van der Waals surface area contributed by atoms with Crippen molar-refractivity contribution < 1.29 is 24.5 Å². The summed E-state index contributed by atoms with van der Waals surface area (Å²) in [5.41, 5.74) is -0.408. The van der Waals surface area contributed by atoms with Crippen molar-refractivity contribution in [2.24, 2.45) is 0 Å². The first-order valence-electron chi connectivity index (χ1n) is 6.22. The first kappa shape index (κ1) is 20.8. The Kier molecular flexibility index (Phi) is 7.92. The van der Waals surface area contributed by atoms with E-state index in [1.807, 2.05) is 0 Å². The first-order chi connectivity index (χ1) is 10.6. The third-order valence-corrected chi connectivity index (χ3v) is 7.65. The maximum atomic E-state index is 12.5. The number of carboxylic acids is 1. The van der Waals surface area contributed by atoms with Gasteiger partial charge in [-0.15, -0.1) is 6.58 Å². The molecule has 2 N–H and O–H groups in total. The molecule has 0 saturated heterocycles. The van der Waals surface area contributed by atoms with E-state index >= 15 is 0 Å². The van der Waals surface area contributed by atoms with E-state index in [1.165, 1.54) is 13.0 Å². The molecule has 1 aromatic carbocycles. The first-order valence-corrected chi connectivity index (χ1v) is 9.39. The van der Waals surface area contributed by atoms with Gasteiger partial charge in [-0.2, -0.15) is 0 Å². The number of aliphatic hydroxyl groups is 1. The van der Waals surface area contributed by atoms with Crippen LogP contribution in [0.5, 0.6) is 0 Å². The Morgan fingerprint density at radius 3 is 2.00 bits per heavy atom. The fraction of sp³-hybridized carbons (Fsp3) is 0.286. The summed E-state index contributed by atoms with van der Waals surface area (Å²) in [5, 5.41) is 19.1. The number of carboxylic acid groups (broad SMARTS) is 1. The van der Waals surface area contributed by atoms with Crippen LogP contribution >= 0.6 is 63.7 Å². The van der Waals surface area contributed by atoms with Crippen LogP contribution in [0, 0.1) is 0 Å². The Morgan fingerprint density at radius 1 is 1.13 bits per heavy atom. The molecule has 0 fully saturated rings. The minimum atomic E-state index is -1.30. The number of aromatic carboxylic acids is 1. The highest BCUT2D eigenvalue weighted by Crippen LogP contribution is 2.42. The second-order valence-electron chi connectivity index (χ2n) is 4.52. The highest BCUT2D eigenvalue weighted by molar-refractivity contribution is 9.15. The number of hydrogen-bond donors (Lipinski definition) is 2.